The van der Waals surface area contributed by atoms with E-state index in [9.17, 15) is 4.79 Å². The van der Waals surface area contributed by atoms with Crippen LogP contribution in [0.4, 0.5) is 0 Å². The van der Waals surface area contributed by atoms with Crippen molar-refractivity contribution in [2.45, 2.75) is 58.6 Å². The van der Waals surface area contributed by atoms with Crippen LogP contribution in [0.5, 0.6) is 0 Å². The van der Waals surface area contributed by atoms with Crippen LogP contribution >= 0.6 is 0 Å². The van der Waals surface area contributed by atoms with Crippen LogP contribution < -0.4 is 10.4 Å². The van der Waals surface area contributed by atoms with E-state index in [-0.39, 0.29) is 17.4 Å². The molecule has 33 heavy (non-hydrogen) atoms. The number of ether oxygens (including phenoxy) is 3. The molecule has 5 nitrogen and oxygen atoms in total. The van der Waals surface area contributed by atoms with E-state index in [4.69, 9.17) is 18.6 Å². The van der Waals surface area contributed by atoms with Gasteiger partial charge in [-0.15, -0.1) is 0 Å². The zero-order valence-corrected chi connectivity index (χ0v) is 22.1. The molecule has 0 heterocycles. The summed E-state index contributed by atoms with van der Waals surface area (Å²) < 4.78 is 23.3. The molecular weight excluding hydrogens is 432 g/mol. The van der Waals surface area contributed by atoms with Crippen LogP contribution in [0, 0.1) is 0 Å². The van der Waals surface area contributed by atoms with E-state index in [0.717, 1.165) is 0 Å². The molecular formula is C27H40O5Si. The first-order chi connectivity index (χ1) is 15.6. The summed E-state index contributed by atoms with van der Waals surface area (Å²) in [6.07, 6.45) is 0.244. The fourth-order valence-electron chi connectivity index (χ4n) is 3.89. The molecule has 0 N–H and O–H groups in total. The van der Waals surface area contributed by atoms with Gasteiger partial charge in [-0.25, -0.2) is 0 Å². The molecule has 0 aliphatic heterocycles. The van der Waals surface area contributed by atoms with Crippen LogP contribution in [-0.2, 0) is 23.4 Å². The van der Waals surface area contributed by atoms with Gasteiger partial charge in [0.25, 0.3) is 8.32 Å². The van der Waals surface area contributed by atoms with Gasteiger partial charge in [-0.05, 0) is 36.2 Å². The highest BCUT2D eigenvalue weighted by atomic mass is 28.4. The van der Waals surface area contributed by atoms with Crippen molar-refractivity contribution in [3.63, 3.8) is 0 Å². The van der Waals surface area contributed by atoms with E-state index in [2.05, 4.69) is 69.3 Å². The first-order valence-electron chi connectivity index (χ1n) is 11.7. The minimum absolute atomic E-state index is 0.0551. The monoisotopic (exact) mass is 472 g/mol. The van der Waals surface area contributed by atoms with Crippen LogP contribution in [0.2, 0.25) is 5.04 Å². The topological polar surface area (TPSA) is 54.0 Å². The minimum atomic E-state index is -2.53. The molecule has 0 radical (unpaired) electrons. The smallest absolute Gasteiger partial charge is 0.308 e. The van der Waals surface area contributed by atoms with Crippen molar-refractivity contribution in [1.29, 1.82) is 0 Å². The zero-order chi connectivity index (χ0) is 24.4. The summed E-state index contributed by atoms with van der Waals surface area (Å²) in [5.41, 5.74) is -0.467. The van der Waals surface area contributed by atoms with Gasteiger partial charge in [0.2, 0.25) is 0 Å². The van der Waals surface area contributed by atoms with Gasteiger partial charge in [0.15, 0.2) is 0 Å². The van der Waals surface area contributed by atoms with Crippen LogP contribution in [0.15, 0.2) is 60.7 Å². The Hall–Kier alpha value is -1.99. The molecule has 0 saturated carbocycles. The van der Waals surface area contributed by atoms with Crippen molar-refractivity contribution in [1.82, 2.24) is 0 Å². The predicted molar refractivity (Wildman–Crippen MR) is 136 cm³/mol. The second kappa shape index (κ2) is 12.5. The van der Waals surface area contributed by atoms with Gasteiger partial charge in [-0.2, -0.15) is 0 Å². The molecule has 2 aromatic rings. The summed E-state index contributed by atoms with van der Waals surface area (Å²) in [7, 11) is -2.53. The van der Waals surface area contributed by atoms with Crippen LogP contribution in [0.25, 0.3) is 0 Å². The van der Waals surface area contributed by atoms with Gasteiger partial charge >= 0.3 is 5.97 Å². The van der Waals surface area contributed by atoms with E-state index in [1.165, 1.54) is 10.4 Å². The maximum absolute atomic E-state index is 11.7. The van der Waals surface area contributed by atoms with Crippen molar-refractivity contribution < 1.29 is 23.4 Å². The first-order valence-corrected chi connectivity index (χ1v) is 13.6. The van der Waals surface area contributed by atoms with Crippen molar-refractivity contribution in [2.75, 3.05) is 33.0 Å². The van der Waals surface area contributed by atoms with Crippen LogP contribution in [0.1, 0.15) is 48.0 Å². The molecule has 0 fully saturated rings. The van der Waals surface area contributed by atoms with Gasteiger partial charge < -0.3 is 18.6 Å². The molecule has 0 spiro atoms. The zero-order valence-electron chi connectivity index (χ0n) is 21.1. The highest BCUT2D eigenvalue weighted by Crippen LogP contribution is 2.36. The Morgan fingerprint density at radius 2 is 1.15 bits per heavy atom. The second-order valence-electron chi connectivity index (χ2n) is 10.1. The van der Waals surface area contributed by atoms with Gasteiger partial charge in [0.1, 0.15) is 5.60 Å². The van der Waals surface area contributed by atoms with E-state index in [1.54, 1.807) is 0 Å². The summed E-state index contributed by atoms with van der Waals surface area (Å²) in [5.74, 6) is -0.248. The largest absolute Gasteiger partial charge is 0.460 e. The van der Waals surface area contributed by atoms with Crippen LogP contribution in [-0.4, -0.2) is 52.9 Å². The first kappa shape index (κ1) is 27.3. The van der Waals surface area contributed by atoms with Gasteiger partial charge in [0.05, 0.1) is 39.5 Å². The SMILES string of the molecule is CC(C)(C)OC(=O)CCOCCOCCO[Si](c1ccccc1)(c1ccccc1)C(C)(C)C. The fraction of sp³-hybridized carbons (Fsp3) is 0.519. The quantitative estimate of drug-likeness (QED) is 0.261. The summed E-state index contributed by atoms with van der Waals surface area (Å²) in [4.78, 5) is 11.7. The Bertz CT molecular complexity index is 786. The third kappa shape index (κ3) is 8.38. The molecule has 2 rings (SSSR count). The predicted octanol–water partition coefficient (Wildman–Crippen LogP) is 4.33. The normalized spacial score (nSPS) is 12.5. The lowest BCUT2D eigenvalue weighted by Crippen LogP contribution is -2.66. The average molecular weight is 473 g/mol. The molecule has 182 valence electrons. The fourth-order valence-corrected chi connectivity index (χ4v) is 8.43. The average Bonchev–Trinajstić information content (AvgIpc) is 2.74. The summed E-state index contributed by atoms with van der Waals surface area (Å²) in [6.45, 7) is 14.6. The Labute approximate surface area is 200 Å². The van der Waals surface area contributed by atoms with Gasteiger partial charge in [0, 0.05) is 0 Å². The van der Waals surface area contributed by atoms with Crippen LogP contribution in [0.3, 0.4) is 0 Å². The lowest BCUT2D eigenvalue weighted by molar-refractivity contribution is -0.156. The molecule has 0 bridgehead atoms. The lowest BCUT2D eigenvalue weighted by Gasteiger charge is -2.43. The summed E-state index contributed by atoms with van der Waals surface area (Å²) >= 11 is 0. The Kier molecular flexibility index (Phi) is 10.3. The third-order valence-corrected chi connectivity index (χ3v) is 10.2. The molecule has 0 amide bonds. The number of hydrogen-bond donors (Lipinski definition) is 0. The van der Waals surface area contributed by atoms with Gasteiger partial charge in [-0.3, -0.25) is 4.79 Å². The third-order valence-electron chi connectivity index (χ3n) is 5.21. The Balaban J connectivity index is 1.87. The van der Waals surface area contributed by atoms with Crippen molar-refractivity contribution in [3.8, 4) is 0 Å². The maximum Gasteiger partial charge on any atom is 0.308 e. The standard InChI is InChI=1S/C27H40O5Si/c1-26(2,3)32-25(28)17-18-29-19-20-30-21-22-31-33(27(4,5)6,23-13-9-7-10-14-23)24-15-11-8-12-16-24/h7-16H,17-22H2,1-6H3. The number of rotatable bonds is 12. The van der Waals surface area contributed by atoms with E-state index in [0.29, 0.717) is 33.0 Å². The molecule has 0 unspecified atom stereocenters. The van der Waals surface area contributed by atoms with Crippen molar-refractivity contribution in [3.05, 3.63) is 60.7 Å². The molecule has 0 aromatic heterocycles. The minimum Gasteiger partial charge on any atom is -0.460 e. The number of benzene rings is 2. The van der Waals surface area contributed by atoms with E-state index in [1.807, 2.05) is 32.9 Å². The Morgan fingerprint density at radius 3 is 1.61 bits per heavy atom. The molecule has 0 atom stereocenters. The van der Waals surface area contributed by atoms with Crippen molar-refractivity contribution in [2.24, 2.45) is 0 Å². The van der Waals surface area contributed by atoms with Gasteiger partial charge in [-0.1, -0.05) is 81.4 Å². The highest BCUT2D eigenvalue weighted by molar-refractivity contribution is 6.99. The molecule has 2 aromatic carbocycles. The number of carbonyl (C=O) groups excluding carboxylic acids is 1. The number of hydrogen-bond acceptors (Lipinski definition) is 5. The number of esters is 1. The second-order valence-corrected chi connectivity index (χ2v) is 14.4. The Morgan fingerprint density at radius 1 is 0.697 bits per heavy atom. The summed E-state index contributed by atoms with van der Waals surface area (Å²) in [5, 5.41) is 2.46. The molecule has 0 saturated heterocycles. The molecule has 0 aliphatic carbocycles. The summed E-state index contributed by atoms with van der Waals surface area (Å²) in [6, 6.07) is 21.2. The molecule has 6 heteroatoms. The molecule has 0 aliphatic rings. The number of carbonyl (C=O) groups is 1. The van der Waals surface area contributed by atoms with E-state index >= 15 is 0 Å². The highest BCUT2D eigenvalue weighted by Gasteiger charge is 2.49. The lowest BCUT2D eigenvalue weighted by atomic mass is 10.2. The van der Waals surface area contributed by atoms with Crippen molar-refractivity contribution >= 4 is 24.7 Å². The maximum atomic E-state index is 11.7. The van der Waals surface area contributed by atoms with E-state index < -0.39 is 13.9 Å².